The molecule has 1 unspecified atom stereocenters. The third kappa shape index (κ3) is 4.57. The van der Waals surface area contributed by atoms with Crippen molar-refractivity contribution in [2.24, 2.45) is 0 Å². The second kappa shape index (κ2) is 6.47. The van der Waals surface area contributed by atoms with E-state index in [4.69, 9.17) is 10.2 Å². The van der Waals surface area contributed by atoms with Crippen LogP contribution in [0.2, 0.25) is 0 Å². The van der Waals surface area contributed by atoms with Crippen LogP contribution in [0.15, 0.2) is 27.6 Å². The SMILES string of the molecule is Cc1ccc(Br)cc1S(=O)(=O)NCCC(O)C(=O)O. The second-order valence-corrected chi connectivity index (χ2v) is 6.60. The molecule has 0 saturated carbocycles. The number of aliphatic hydroxyl groups is 1. The maximum Gasteiger partial charge on any atom is 0.332 e. The number of carboxylic acid groups (broad SMARTS) is 1. The molecule has 106 valence electrons. The van der Waals surface area contributed by atoms with Crippen LogP contribution in [0.5, 0.6) is 0 Å². The van der Waals surface area contributed by atoms with Crippen LogP contribution >= 0.6 is 15.9 Å². The van der Waals surface area contributed by atoms with Crippen LogP contribution in [0.3, 0.4) is 0 Å². The number of aliphatic hydroxyl groups excluding tert-OH is 1. The molecule has 1 atom stereocenters. The third-order valence-electron chi connectivity index (χ3n) is 2.43. The van der Waals surface area contributed by atoms with Crippen molar-refractivity contribution in [1.82, 2.24) is 4.72 Å². The molecular formula is C11H14BrNO5S. The van der Waals surface area contributed by atoms with Crippen molar-refractivity contribution >= 4 is 31.9 Å². The van der Waals surface area contributed by atoms with Gasteiger partial charge in [-0.25, -0.2) is 17.9 Å². The molecule has 1 aromatic carbocycles. The summed E-state index contributed by atoms with van der Waals surface area (Å²) >= 11 is 3.19. The molecule has 0 bridgehead atoms. The summed E-state index contributed by atoms with van der Waals surface area (Å²) in [6, 6.07) is 4.85. The summed E-state index contributed by atoms with van der Waals surface area (Å²) in [5.74, 6) is -1.38. The monoisotopic (exact) mass is 351 g/mol. The van der Waals surface area contributed by atoms with Gasteiger partial charge in [0.05, 0.1) is 4.90 Å². The van der Waals surface area contributed by atoms with E-state index in [1.807, 2.05) is 0 Å². The van der Waals surface area contributed by atoms with E-state index in [1.54, 1.807) is 19.1 Å². The average Bonchev–Trinajstić information content (AvgIpc) is 2.31. The largest absolute Gasteiger partial charge is 0.479 e. The normalized spacial score (nSPS) is 13.2. The lowest BCUT2D eigenvalue weighted by molar-refractivity contribution is -0.146. The van der Waals surface area contributed by atoms with Gasteiger partial charge >= 0.3 is 5.97 Å². The van der Waals surface area contributed by atoms with Gasteiger partial charge in [-0.3, -0.25) is 0 Å². The number of nitrogens with one attached hydrogen (secondary N) is 1. The van der Waals surface area contributed by atoms with Gasteiger partial charge in [0.15, 0.2) is 6.10 Å². The van der Waals surface area contributed by atoms with Crippen molar-refractivity contribution in [3.63, 3.8) is 0 Å². The van der Waals surface area contributed by atoms with Gasteiger partial charge in [-0.2, -0.15) is 0 Å². The molecule has 0 saturated heterocycles. The van der Waals surface area contributed by atoms with Crippen LogP contribution in [-0.4, -0.2) is 37.2 Å². The fourth-order valence-electron chi connectivity index (χ4n) is 1.39. The molecule has 1 aromatic rings. The quantitative estimate of drug-likeness (QED) is 0.705. The van der Waals surface area contributed by atoms with Crippen molar-refractivity contribution in [3.8, 4) is 0 Å². The van der Waals surface area contributed by atoms with Crippen molar-refractivity contribution in [3.05, 3.63) is 28.2 Å². The first-order valence-electron chi connectivity index (χ1n) is 5.41. The molecule has 0 fully saturated rings. The maximum atomic E-state index is 12.0. The molecular weight excluding hydrogens is 338 g/mol. The number of hydrogen-bond acceptors (Lipinski definition) is 4. The number of aryl methyl sites for hydroxylation is 1. The summed E-state index contributed by atoms with van der Waals surface area (Å²) in [5, 5.41) is 17.5. The Hall–Kier alpha value is -0.960. The molecule has 0 aromatic heterocycles. The van der Waals surface area contributed by atoms with E-state index in [9.17, 15) is 13.2 Å². The summed E-state index contributed by atoms with van der Waals surface area (Å²) in [6.07, 6.45) is -1.77. The zero-order valence-electron chi connectivity index (χ0n) is 10.1. The lowest BCUT2D eigenvalue weighted by Crippen LogP contribution is -2.30. The maximum absolute atomic E-state index is 12.0. The zero-order chi connectivity index (χ0) is 14.6. The standard InChI is InChI=1S/C11H14BrNO5S/c1-7-2-3-8(12)6-10(7)19(17,18)13-5-4-9(14)11(15)16/h2-3,6,9,13-14H,4-5H2,1H3,(H,15,16). The minimum atomic E-state index is -3.72. The van der Waals surface area contributed by atoms with Crippen molar-refractivity contribution in [2.45, 2.75) is 24.3 Å². The van der Waals surface area contributed by atoms with Gasteiger partial charge in [-0.15, -0.1) is 0 Å². The van der Waals surface area contributed by atoms with Gasteiger partial charge < -0.3 is 10.2 Å². The summed E-state index contributed by atoms with van der Waals surface area (Å²) in [6.45, 7) is 1.51. The second-order valence-electron chi connectivity index (χ2n) is 3.95. The molecule has 6 nitrogen and oxygen atoms in total. The first-order chi connectivity index (χ1) is 8.74. The average molecular weight is 352 g/mol. The minimum absolute atomic E-state index is 0.117. The third-order valence-corrected chi connectivity index (χ3v) is 4.53. The molecule has 0 aliphatic rings. The molecule has 8 heteroatoms. The molecule has 0 radical (unpaired) electrons. The van der Waals surface area contributed by atoms with Crippen LogP contribution in [0.1, 0.15) is 12.0 Å². The molecule has 1 rings (SSSR count). The Balaban J connectivity index is 2.76. The fourth-order valence-corrected chi connectivity index (χ4v) is 3.22. The van der Waals surface area contributed by atoms with Gasteiger partial charge in [0.2, 0.25) is 10.0 Å². The highest BCUT2D eigenvalue weighted by Gasteiger charge is 2.19. The number of carboxylic acids is 1. The number of sulfonamides is 1. The van der Waals surface area contributed by atoms with Crippen LogP contribution in [0.25, 0.3) is 0 Å². The number of rotatable bonds is 6. The molecule has 0 amide bonds. The van der Waals surface area contributed by atoms with Crippen LogP contribution in [0, 0.1) is 6.92 Å². The van der Waals surface area contributed by atoms with E-state index in [0.29, 0.717) is 10.0 Å². The van der Waals surface area contributed by atoms with Crippen molar-refractivity contribution in [2.75, 3.05) is 6.54 Å². The van der Waals surface area contributed by atoms with Gasteiger partial charge in [0.1, 0.15) is 0 Å². The number of aliphatic carboxylic acids is 1. The summed E-state index contributed by atoms with van der Waals surface area (Å²) in [7, 11) is -3.72. The smallest absolute Gasteiger partial charge is 0.332 e. The van der Waals surface area contributed by atoms with E-state index in [1.165, 1.54) is 6.07 Å². The fraction of sp³-hybridized carbons (Fsp3) is 0.364. The summed E-state index contributed by atoms with van der Waals surface area (Å²) < 4.78 is 26.9. The predicted octanol–water partition coefficient (Wildman–Crippen LogP) is 0.871. The van der Waals surface area contributed by atoms with Crippen LogP contribution in [-0.2, 0) is 14.8 Å². The van der Waals surface area contributed by atoms with E-state index < -0.39 is 22.1 Å². The van der Waals surface area contributed by atoms with Crippen LogP contribution in [0.4, 0.5) is 0 Å². The Bertz CT molecular complexity index is 572. The van der Waals surface area contributed by atoms with Gasteiger partial charge in [0.25, 0.3) is 0 Å². The highest BCUT2D eigenvalue weighted by Crippen LogP contribution is 2.20. The van der Waals surface area contributed by atoms with Crippen LogP contribution < -0.4 is 4.72 Å². The molecule has 3 N–H and O–H groups in total. The Labute approximate surface area is 119 Å². The minimum Gasteiger partial charge on any atom is -0.479 e. The predicted molar refractivity (Wildman–Crippen MR) is 72.3 cm³/mol. The van der Waals surface area contributed by atoms with Gasteiger partial charge in [-0.1, -0.05) is 22.0 Å². The van der Waals surface area contributed by atoms with Crippen molar-refractivity contribution in [1.29, 1.82) is 0 Å². The molecule has 0 spiro atoms. The van der Waals surface area contributed by atoms with Gasteiger partial charge in [-0.05, 0) is 31.0 Å². The van der Waals surface area contributed by atoms with E-state index in [2.05, 4.69) is 20.7 Å². The topological polar surface area (TPSA) is 104 Å². The van der Waals surface area contributed by atoms with Gasteiger partial charge in [0, 0.05) is 11.0 Å². The Morgan fingerprint density at radius 1 is 1.47 bits per heavy atom. The highest BCUT2D eigenvalue weighted by atomic mass is 79.9. The lowest BCUT2D eigenvalue weighted by atomic mass is 10.2. The Morgan fingerprint density at radius 3 is 2.68 bits per heavy atom. The number of benzene rings is 1. The molecule has 19 heavy (non-hydrogen) atoms. The number of halogens is 1. The Morgan fingerprint density at radius 2 is 2.11 bits per heavy atom. The first kappa shape index (κ1) is 16.1. The van der Waals surface area contributed by atoms with E-state index >= 15 is 0 Å². The van der Waals surface area contributed by atoms with Crippen molar-refractivity contribution < 1.29 is 23.4 Å². The molecule has 0 heterocycles. The molecule has 0 aliphatic heterocycles. The van der Waals surface area contributed by atoms with E-state index in [-0.39, 0.29) is 17.9 Å². The lowest BCUT2D eigenvalue weighted by Gasteiger charge is -2.10. The van der Waals surface area contributed by atoms with E-state index in [0.717, 1.165) is 0 Å². The summed E-state index contributed by atoms with van der Waals surface area (Å²) in [4.78, 5) is 10.5. The zero-order valence-corrected chi connectivity index (χ0v) is 12.5. The number of hydrogen-bond donors (Lipinski definition) is 3. The Kier molecular flexibility index (Phi) is 5.48. The molecule has 0 aliphatic carbocycles. The first-order valence-corrected chi connectivity index (χ1v) is 7.68. The highest BCUT2D eigenvalue weighted by molar-refractivity contribution is 9.10. The summed E-state index contributed by atoms with van der Waals surface area (Å²) in [5.41, 5.74) is 0.578. The number of carbonyl (C=O) groups is 1.